The zero-order chi connectivity index (χ0) is 13.1. The van der Waals surface area contributed by atoms with Gasteiger partial charge in [0, 0.05) is 17.0 Å². The van der Waals surface area contributed by atoms with Crippen molar-refractivity contribution < 1.29 is 0 Å². The highest BCUT2D eigenvalue weighted by atomic mass is 32.2. The number of hydrogen-bond donors (Lipinski definition) is 3. The molecule has 6 N–H and O–H groups in total. The van der Waals surface area contributed by atoms with Crippen molar-refractivity contribution in [3.8, 4) is 0 Å². The lowest BCUT2D eigenvalue weighted by Gasteiger charge is -2.06. The third-order valence-electron chi connectivity index (χ3n) is 2.36. The van der Waals surface area contributed by atoms with Crippen molar-refractivity contribution in [3.63, 3.8) is 0 Å². The highest BCUT2D eigenvalue weighted by Crippen LogP contribution is 2.26. The van der Waals surface area contributed by atoms with Gasteiger partial charge in [-0.2, -0.15) is 0 Å². The van der Waals surface area contributed by atoms with Crippen molar-refractivity contribution in [1.29, 1.82) is 0 Å². The number of nitrogen functional groups attached to an aromatic ring is 2. The van der Waals surface area contributed by atoms with Gasteiger partial charge in [-0.3, -0.25) is 0 Å². The van der Waals surface area contributed by atoms with Crippen LogP contribution in [0.4, 0.5) is 11.6 Å². The van der Waals surface area contributed by atoms with Crippen LogP contribution in [-0.4, -0.2) is 9.97 Å². The maximum absolute atomic E-state index is 5.79. The summed E-state index contributed by atoms with van der Waals surface area (Å²) < 4.78 is 0. The normalized spacial score (nSPS) is 12.3. The molecule has 1 aromatic carbocycles. The van der Waals surface area contributed by atoms with E-state index in [9.17, 15) is 0 Å². The fourth-order valence-corrected chi connectivity index (χ4v) is 2.24. The molecule has 0 aliphatic carbocycles. The Hall–Kier alpha value is -1.79. The Morgan fingerprint density at radius 2 is 1.61 bits per heavy atom. The summed E-state index contributed by atoms with van der Waals surface area (Å²) in [5.74, 6) is 0.745. The van der Waals surface area contributed by atoms with E-state index in [0.717, 1.165) is 10.5 Å². The summed E-state index contributed by atoms with van der Waals surface area (Å²) in [4.78, 5) is 9.24. The van der Waals surface area contributed by atoms with Gasteiger partial charge in [-0.15, -0.1) is 0 Å². The summed E-state index contributed by atoms with van der Waals surface area (Å²) in [5, 5.41) is 0.543. The van der Waals surface area contributed by atoms with E-state index in [-0.39, 0.29) is 6.04 Å². The van der Waals surface area contributed by atoms with E-state index >= 15 is 0 Å². The number of rotatable bonds is 3. The molecular weight excluding hydrogens is 246 g/mol. The van der Waals surface area contributed by atoms with E-state index in [1.165, 1.54) is 17.8 Å². The number of anilines is 2. The molecule has 0 radical (unpaired) electrons. The third kappa shape index (κ3) is 3.12. The summed E-state index contributed by atoms with van der Waals surface area (Å²) in [5.41, 5.74) is 18.1. The average Bonchev–Trinajstić information content (AvgIpc) is 2.28. The lowest BCUT2D eigenvalue weighted by molar-refractivity contribution is 0.817. The zero-order valence-electron chi connectivity index (χ0n) is 10.00. The molecule has 0 spiro atoms. The molecule has 0 aliphatic rings. The minimum atomic E-state index is 0.0308. The standard InChI is InChI=1S/C12H15N5S/c1-7(13)8-2-4-9(5-3-8)18-12-16-10(14)6-11(15)17-12/h2-7H,13H2,1H3,(H4,14,15,16,17)/t7-/m1/s1. The van der Waals surface area contributed by atoms with Gasteiger partial charge in [0.1, 0.15) is 11.6 Å². The summed E-state index contributed by atoms with van der Waals surface area (Å²) in [6, 6.07) is 9.50. The largest absolute Gasteiger partial charge is 0.383 e. The van der Waals surface area contributed by atoms with Crippen LogP contribution >= 0.6 is 11.8 Å². The topological polar surface area (TPSA) is 104 Å². The minimum absolute atomic E-state index is 0.0308. The second kappa shape index (κ2) is 5.24. The van der Waals surface area contributed by atoms with Gasteiger partial charge in [0.25, 0.3) is 0 Å². The van der Waals surface area contributed by atoms with Gasteiger partial charge in [-0.25, -0.2) is 9.97 Å². The molecule has 5 nitrogen and oxygen atoms in total. The molecule has 94 valence electrons. The molecule has 2 rings (SSSR count). The lowest BCUT2D eigenvalue weighted by Crippen LogP contribution is -2.04. The number of nitrogens with zero attached hydrogens (tertiary/aromatic N) is 2. The van der Waals surface area contributed by atoms with Gasteiger partial charge >= 0.3 is 0 Å². The Morgan fingerprint density at radius 1 is 1.06 bits per heavy atom. The number of benzene rings is 1. The maximum atomic E-state index is 5.79. The molecule has 18 heavy (non-hydrogen) atoms. The number of aromatic nitrogens is 2. The predicted molar refractivity (Wildman–Crippen MR) is 74.0 cm³/mol. The summed E-state index contributed by atoms with van der Waals surface area (Å²) in [6.07, 6.45) is 0. The van der Waals surface area contributed by atoms with Gasteiger partial charge in [0.2, 0.25) is 0 Å². The predicted octanol–water partition coefficient (Wildman–Crippen LogP) is 1.81. The zero-order valence-corrected chi connectivity index (χ0v) is 10.8. The molecule has 0 bridgehead atoms. The number of hydrogen-bond acceptors (Lipinski definition) is 6. The van der Waals surface area contributed by atoms with Crippen molar-refractivity contribution >= 4 is 23.4 Å². The Kier molecular flexibility index (Phi) is 3.69. The summed E-state index contributed by atoms with van der Waals surface area (Å²) in [7, 11) is 0. The molecule has 0 fully saturated rings. The average molecular weight is 261 g/mol. The Balaban J connectivity index is 2.18. The Bertz CT molecular complexity index is 518. The number of nitrogens with two attached hydrogens (primary N) is 3. The highest BCUT2D eigenvalue weighted by Gasteiger charge is 2.04. The smallest absolute Gasteiger partial charge is 0.196 e. The van der Waals surface area contributed by atoms with Crippen molar-refractivity contribution in [2.45, 2.75) is 23.0 Å². The van der Waals surface area contributed by atoms with E-state index in [1.807, 2.05) is 31.2 Å². The molecule has 6 heteroatoms. The first-order chi connectivity index (χ1) is 8.54. The van der Waals surface area contributed by atoms with E-state index in [0.29, 0.717) is 16.8 Å². The van der Waals surface area contributed by atoms with Gasteiger partial charge in [0.15, 0.2) is 5.16 Å². The molecule has 0 saturated heterocycles. The van der Waals surface area contributed by atoms with Crippen LogP contribution in [0.15, 0.2) is 40.4 Å². The van der Waals surface area contributed by atoms with Crippen molar-refractivity contribution in [1.82, 2.24) is 9.97 Å². The lowest BCUT2D eigenvalue weighted by atomic mass is 10.1. The van der Waals surface area contributed by atoms with Crippen molar-refractivity contribution in [2.24, 2.45) is 5.73 Å². The summed E-state index contributed by atoms with van der Waals surface area (Å²) >= 11 is 1.41. The Morgan fingerprint density at radius 3 is 2.11 bits per heavy atom. The molecule has 1 atom stereocenters. The highest BCUT2D eigenvalue weighted by molar-refractivity contribution is 7.99. The first-order valence-corrected chi connectivity index (χ1v) is 6.29. The van der Waals surface area contributed by atoms with Crippen molar-refractivity contribution in [3.05, 3.63) is 35.9 Å². The second-order valence-corrected chi connectivity index (χ2v) is 5.00. The first kappa shape index (κ1) is 12.7. The quantitative estimate of drug-likeness (QED) is 0.728. The van der Waals surface area contributed by atoms with Crippen LogP contribution in [0.1, 0.15) is 18.5 Å². The molecular formula is C12H15N5S. The fraction of sp³-hybridized carbons (Fsp3) is 0.167. The fourth-order valence-electron chi connectivity index (χ4n) is 1.45. The second-order valence-electron chi connectivity index (χ2n) is 3.96. The monoisotopic (exact) mass is 261 g/mol. The molecule has 0 amide bonds. The van der Waals surface area contributed by atoms with E-state index in [2.05, 4.69) is 9.97 Å². The molecule has 1 heterocycles. The molecule has 0 aliphatic heterocycles. The molecule has 1 aromatic heterocycles. The van der Waals surface area contributed by atoms with E-state index < -0.39 is 0 Å². The van der Waals surface area contributed by atoms with Crippen molar-refractivity contribution in [2.75, 3.05) is 11.5 Å². The third-order valence-corrected chi connectivity index (χ3v) is 3.23. The molecule has 2 aromatic rings. The summed E-state index contributed by atoms with van der Waals surface area (Å²) in [6.45, 7) is 1.95. The first-order valence-electron chi connectivity index (χ1n) is 5.48. The molecule has 0 saturated carbocycles. The van der Waals surface area contributed by atoms with Crippen LogP contribution < -0.4 is 17.2 Å². The van der Waals surface area contributed by atoms with Crippen LogP contribution in [0.5, 0.6) is 0 Å². The minimum Gasteiger partial charge on any atom is -0.383 e. The van der Waals surface area contributed by atoms with Crippen LogP contribution in [-0.2, 0) is 0 Å². The van der Waals surface area contributed by atoms with E-state index in [4.69, 9.17) is 17.2 Å². The van der Waals surface area contributed by atoms with Gasteiger partial charge in [-0.1, -0.05) is 12.1 Å². The molecule has 0 unspecified atom stereocenters. The van der Waals surface area contributed by atoms with E-state index in [1.54, 1.807) is 0 Å². The van der Waals surface area contributed by atoms with Crippen LogP contribution in [0.2, 0.25) is 0 Å². The van der Waals surface area contributed by atoms with Crippen LogP contribution in [0.25, 0.3) is 0 Å². The van der Waals surface area contributed by atoms with Crippen LogP contribution in [0.3, 0.4) is 0 Å². The van der Waals surface area contributed by atoms with Gasteiger partial charge in [0.05, 0.1) is 0 Å². The Labute approximate surface area is 110 Å². The SMILES string of the molecule is C[C@@H](N)c1ccc(Sc2nc(N)cc(N)n2)cc1. The van der Waals surface area contributed by atoms with Crippen LogP contribution in [0, 0.1) is 0 Å². The maximum Gasteiger partial charge on any atom is 0.196 e. The van der Waals surface area contributed by atoms with Gasteiger partial charge in [-0.05, 0) is 36.4 Å². The van der Waals surface area contributed by atoms with Gasteiger partial charge < -0.3 is 17.2 Å².